The van der Waals surface area contributed by atoms with Gasteiger partial charge in [0.1, 0.15) is 17.4 Å². The molecule has 0 spiro atoms. The first-order valence-corrected chi connectivity index (χ1v) is 8.71. The first kappa shape index (κ1) is 20.3. The average Bonchev–Trinajstić information content (AvgIpc) is 2.56. The monoisotopic (exact) mass is 371 g/mol. The molecule has 0 saturated heterocycles. The highest BCUT2D eigenvalue weighted by Crippen LogP contribution is 2.22. The molecule has 0 bridgehead atoms. The van der Waals surface area contributed by atoms with Crippen molar-refractivity contribution in [3.05, 3.63) is 65.2 Å². The van der Waals surface area contributed by atoms with Crippen molar-refractivity contribution in [3.8, 4) is 5.75 Å². The SMILES string of the molecule is CC(C)(C)OC(=O)NC(Cc1cc(Cc2ccccc2)ccc1O)C(=O)O. The molecule has 1 unspecified atom stereocenters. The van der Waals surface area contributed by atoms with Crippen LogP contribution in [-0.2, 0) is 22.4 Å². The van der Waals surface area contributed by atoms with E-state index < -0.39 is 23.7 Å². The van der Waals surface area contributed by atoms with Gasteiger partial charge in [0.25, 0.3) is 0 Å². The van der Waals surface area contributed by atoms with E-state index in [2.05, 4.69) is 5.32 Å². The maximum atomic E-state index is 11.9. The van der Waals surface area contributed by atoms with E-state index in [1.165, 1.54) is 0 Å². The molecule has 0 radical (unpaired) electrons. The summed E-state index contributed by atoms with van der Waals surface area (Å²) in [5.41, 5.74) is 1.77. The van der Waals surface area contributed by atoms with Gasteiger partial charge in [-0.15, -0.1) is 0 Å². The zero-order chi connectivity index (χ0) is 20.0. The zero-order valence-corrected chi connectivity index (χ0v) is 15.7. The summed E-state index contributed by atoms with van der Waals surface area (Å²) in [5, 5.41) is 21.9. The fraction of sp³-hybridized carbons (Fsp3) is 0.333. The van der Waals surface area contributed by atoms with Gasteiger partial charge >= 0.3 is 12.1 Å². The number of hydrogen-bond donors (Lipinski definition) is 3. The number of carboxylic acids is 1. The molecule has 0 fully saturated rings. The molecule has 0 aliphatic rings. The molecule has 0 saturated carbocycles. The summed E-state index contributed by atoms with van der Waals surface area (Å²) >= 11 is 0. The summed E-state index contributed by atoms with van der Waals surface area (Å²) in [6.45, 7) is 5.09. The quantitative estimate of drug-likeness (QED) is 0.722. The second-order valence-electron chi connectivity index (χ2n) is 7.37. The van der Waals surface area contributed by atoms with Crippen molar-refractivity contribution < 1.29 is 24.5 Å². The minimum atomic E-state index is -1.21. The number of benzene rings is 2. The molecule has 0 aromatic heterocycles. The first-order valence-electron chi connectivity index (χ1n) is 8.71. The summed E-state index contributed by atoms with van der Waals surface area (Å²) in [6.07, 6.45) is -0.205. The topological polar surface area (TPSA) is 95.9 Å². The molecule has 2 aromatic carbocycles. The predicted molar refractivity (Wildman–Crippen MR) is 102 cm³/mol. The fourth-order valence-corrected chi connectivity index (χ4v) is 2.61. The van der Waals surface area contributed by atoms with Gasteiger partial charge in [-0.2, -0.15) is 0 Å². The van der Waals surface area contributed by atoms with Gasteiger partial charge in [0.15, 0.2) is 0 Å². The van der Waals surface area contributed by atoms with Crippen molar-refractivity contribution >= 4 is 12.1 Å². The van der Waals surface area contributed by atoms with Crippen LogP contribution in [0.25, 0.3) is 0 Å². The van der Waals surface area contributed by atoms with E-state index in [4.69, 9.17) is 4.74 Å². The van der Waals surface area contributed by atoms with Gasteiger partial charge in [-0.3, -0.25) is 0 Å². The Hall–Kier alpha value is -3.02. The van der Waals surface area contributed by atoms with Crippen LogP contribution in [0.1, 0.15) is 37.5 Å². The summed E-state index contributed by atoms with van der Waals surface area (Å²) in [5.74, 6) is -1.21. The number of aromatic hydroxyl groups is 1. The number of rotatable bonds is 6. The highest BCUT2D eigenvalue weighted by Gasteiger charge is 2.25. The van der Waals surface area contributed by atoms with Crippen LogP contribution >= 0.6 is 0 Å². The van der Waals surface area contributed by atoms with Crippen LogP contribution in [0.3, 0.4) is 0 Å². The first-order chi connectivity index (χ1) is 12.6. The standard InChI is InChI=1S/C21H25NO5/c1-21(2,3)27-20(26)22-17(19(24)25)13-16-12-15(9-10-18(16)23)11-14-7-5-4-6-8-14/h4-10,12,17,23H,11,13H2,1-3H3,(H,22,26)(H,24,25). The van der Waals surface area contributed by atoms with E-state index in [0.29, 0.717) is 12.0 Å². The van der Waals surface area contributed by atoms with E-state index in [-0.39, 0.29) is 12.2 Å². The number of carbonyl (C=O) groups is 2. The van der Waals surface area contributed by atoms with Crippen molar-refractivity contribution in [1.82, 2.24) is 5.32 Å². The Labute approximate surface area is 158 Å². The predicted octanol–water partition coefficient (Wildman–Crippen LogP) is 3.50. The number of nitrogens with one attached hydrogen (secondary N) is 1. The molecule has 2 aromatic rings. The lowest BCUT2D eigenvalue weighted by atomic mass is 9.98. The highest BCUT2D eigenvalue weighted by molar-refractivity contribution is 5.80. The van der Waals surface area contributed by atoms with Gasteiger partial charge in [-0.1, -0.05) is 42.5 Å². The Morgan fingerprint density at radius 3 is 2.33 bits per heavy atom. The molecule has 6 nitrogen and oxygen atoms in total. The van der Waals surface area contributed by atoms with E-state index in [1.807, 2.05) is 30.3 Å². The van der Waals surface area contributed by atoms with Crippen LogP contribution in [0.15, 0.2) is 48.5 Å². The molecule has 0 aliphatic heterocycles. The van der Waals surface area contributed by atoms with Crippen LogP contribution in [-0.4, -0.2) is 33.9 Å². The Bertz CT molecular complexity index is 796. The van der Waals surface area contributed by atoms with Crippen LogP contribution in [0.4, 0.5) is 4.79 Å². The second-order valence-corrected chi connectivity index (χ2v) is 7.37. The van der Waals surface area contributed by atoms with Crippen LogP contribution in [0, 0.1) is 0 Å². The van der Waals surface area contributed by atoms with Crippen molar-refractivity contribution in [2.75, 3.05) is 0 Å². The van der Waals surface area contributed by atoms with Gasteiger partial charge in [-0.25, -0.2) is 9.59 Å². The normalized spacial score (nSPS) is 12.3. The highest BCUT2D eigenvalue weighted by atomic mass is 16.6. The van der Waals surface area contributed by atoms with E-state index >= 15 is 0 Å². The molecule has 3 N–H and O–H groups in total. The number of carboxylic acid groups (broad SMARTS) is 1. The zero-order valence-electron chi connectivity index (χ0n) is 15.7. The number of phenols is 1. The smallest absolute Gasteiger partial charge is 0.408 e. The van der Waals surface area contributed by atoms with Crippen LogP contribution < -0.4 is 5.32 Å². The number of phenolic OH excluding ortho intramolecular Hbond substituents is 1. The lowest BCUT2D eigenvalue weighted by Gasteiger charge is -2.22. The molecule has 144 valence electrons. The van der Waals surface area contributed by atoms with Crippen molar-refractivity contribution in [2.45, 2.75) is 45.3 Å². The van der Waals surface area contributed by atoms with E-state index in [0.717, 1.165) is 11.1 Å². The van der Waals surface area contributed by atoms with Gasteiger partial charge in [0, 0.05) is 6.42 Å². The minimum Gasteiger partial charge on any atom is -0.508 e. The third-order valence-electron chi connectivity index (χ3n) is 3.81. The second kappa shape index (κ2) is 8.58. The van der Waals surface area contributed by atoms with E-state index in [1.54, 1.807) is 39.0 Å². The maximum absolute atomic E-state index is 11.9. The lowest BCUT2D eigenvalue weighted by Crippen LogP contribution is -2.44. The average molecular weight is 371 g/mol. The van der Waals surface area contributed by atoms with Crippen LogP contribution in [0.2, 0.25) is 0 Å². The summed E-state index contributed by atoms with van der Waals surface area (Å²) in [4.78, 5) is 23.4. The number of aliphatic carboxylic acids is 1. The van der Waals surface area contributed by atoms with Crippen molar-refractivity contribution in [2.24, 2.45) is 0 Å². The largest absolute Gasteiger partial charge is 0.508 e. The lowest BCUT2D eigenvalue weighted by molar-refractivity contribution is -0.139. The summed E-state index contributed by atoms with van der Waals surface area (Å²) in [6, 6.07) is 13.7. The van der Waals surface area contributed by atoms with Gasteiger partial charge in [-0.05, 0) is 49.9 Å². The number of alkyl carbamates (subject to hydrolysis) is 1. The molecule has 1 amide bonds. The molecule has 2 rings (SSSR count). The summed E-state index contributed by atoms with van der Waals surface area (Å²) < 4.78 is 5.11. The molecule has 1 atom stereocenters. The third kappa shape index (κ3) is 6.66. The van der Waals surface area contributed by atoms with E-state index in [9.17, 15) is 19.8 Å². The maximum Gasteiger partial charge on any atom is 0.408 e. The molecule has 6 heteroatoms. The van der Waals surface area contributed by atoms with Gasteiger partial charge in [0.05, 0.1) is 0 Å². The van der Waals surface area contributed by atoms with Crippen molar-refractivity contribution in [1.29, 1.82) is 0 Å². The fourth-order valence-electron chi connectivity index (χ4n) is 2.61. The molecule has 0 heterocycles. The van der Waals surface area contributed by atoms with Gasteiger partial charge in [0.2, 0.25) is 0 Å². The molecular formula is C21H25NO5. The Morgan fingerprint density at radius 2 is 1.74 bits per heavy atom. The minimum absolute atomic E-state index is 0.0101. The Kier molecular flexibility index (Phi) is 6.45. The molecular weight excluding hydrogens is 346 g/mol. The number of hydrogen-bond acceptors (Lipinski definition) is 4. The number of carbonyl (C=O) groups excluding carboxylic acids is 1. The number of ether oxygens (including phenoxy) is 1. The molecule has 0 aliphatic carbocycles. The van der Waals surface area contributed by atoms with Crippen LogP contribution in [0.5, 0.6) is 5.75 Å². The number of amides is 1. The Balaban J connectivity index is 2.13. The molecule has 27 heavy (non-hydrogen) atoms. The summed E-state index contributed by atoms with van der Waals surface area (Å²) in [7, 11) is 0. The van der Waals surface area contributed by atoms with Crippen molar-refractivity contribution in [3.63, 3.8) is 0 Å². The van der Waals surface area contributed by atoms with Gasteiger partial charge < -0.3 is 20.3 Å². The third-order valence-corrected chi connectivity index (χ3v) is 3.81. The Morgan fingerprint density at radius 1 is 1.07 bits per heavy atom.